The number of aromatic nitrogens is 1. The zero-order valence-electron chi connectivity index (χ0n) is 15.4. The number of allylic oxidation sites excluding steroid dienone is 1. The van der Waals surface area contributed by atoms with Crippen molar-refractivity contribution in [3.63, 3.8) is 0 Å². The average molecular weight is 365 g/mol. The Hall–Kier alpha value is -3.53. The molecule has 0 atom stereocenters. The van der Waals surface area contributed by atoms with Gasteiger partial charge in [-0.05, 0) is 52.6 Å². The molecule has 2 aliphatic rings. The molecule has 1 aromatic heterocycles. The second-order valence-corrected chi connectivity index (χ2v) is 6.99. The van der Waals surface area contributed by atoms with E-state index >= 15 is 0 Å². The number of hydrogen-bond acceptors (Lipinski definition) is 4. The molecule has 4 nitrogen and oxygen atoms in total. The Morgan fingerprint density at radius 3 is 2.64 bits per heavy atom. The number of nitrogens with zero attached hydrogens (tertiary/aromatic N) is 3. The van der Waals surface area contributed by atoms with Gasteiger partial charge in [0.25, 0.3) is 0 Å². The average Bonchev–Trinajstić information content (AvgIpc) is 3.39. The van der Waals surface area contributed by atoms with Gasteiger partial charge >= 0.3 is 0 Å². The van der Waals surface area contributed by atoms with Gasteiger partial charge < -0.3 is 4.74 Å². The van der Waals surface area contributed by atoms with E-state index in [2.05, 4.69) is 40.3 Å². The molecule has 0 saturated carbocycles. The Morgan fingerprint density at radius 2 is 1.86 bits per heavy atom. The normalized spacial score (nSPS) is 14.6. The van der Waals surface area contributed by atoms with Gasteiger partial charge in [0.1, 0.15) is 11.5 Å². The summed E-state index contributed by atoms with van der Waals surface area (Å²) in [5.41, 5.74) is 7.02. The zero-order valence-corrected chi connectivity index (χ0v) is 15.4. The summed E-state index contributed by atoms with van der Waals surface area (Å²) in [5.74, 6) is 1.63. The van der Waals surface area contributed by atoms with E-state index in [9.17, 15) is 0 Å². The smallest absolute Gasteiger partial charge is 0.129 e. The highest BCUT2D eigenvalue weighted by molar-refractivity contribution is 5.95. The van der Waals surface area contributed by atoms with Gasteiger partial charge in [0.05, 0.1) is 12.2 Å². The van der Waals surface area contributed by atoms with Gasteiger partial charge in [-0.3, -0.25) is 15.0 Å². The number of ether oxygens (including phenoxy) is 1. The molecule has 5 rings (SSSR count). The maximum atomic E-state index is 6.04. The molecule has 0 N–H and O–H groups in total. The van der Waals surface area contributed by atoms with Crippen LogP contribution in [-0.4, -0.2) is 23.5 Å². The highest BCUT2D eigenvalue weighted by atomic mass is 16.5. The number of fused-ring (bicyclic) bond motifs is 1. The number of benzene rings is 2. The maximum absolute atomic E-state index is 6.04. The second-order valence-electron chi connectivity index (χ2n) is 6.99. The van der Waals surface area contributed by atoms with E-state index in [0.29, 0.717) is 0 Å². The summed E-state index contributed by atoms with van der Waals surface area (Å²) in [6, 6.07) is 18.4. The number of rotatable bonds is 5. The van der Waals surface area contributed by atoms with E-state index in [1.54, 1.807) is 6.20 Å². The van der Waals surface area contributed by atoms with Crippen LogP contribution in [0.1, 0.15) is 16.7 Å². The van der Waals surface area contributed by atoms with E-state index in [-0.39, 0.29) is 0 Å². The van der Waals surface area contributed by atoms with Crippen molar-refractivity contribution in [2.45, 2.75) is 12.8 Å². The quantitative estimate of drug-likeness (QED) is 0.623. The lowest BCUT2D eigenvalue weighted by atomic mass is 10.1. The molecule has 2 aromatic carbocycles. The summed E-state index contributed by atoms with van der Waals surface area (Å²) in [5, 5.41) is 0. The molecule has 0 fully saturated rings. The van der Waals surface area contributed by atoms with Crippen molar-refractivity contribution in [3.8, 4) is 11.5 Å². The van der Waals surface area contributed by atoms with Gasteiger partial charge in [-0.15, -0.1) is 0 Å². The first kappa shape index (κ1) is 16.6. The summed E-state index contributed by atoms with van der Waals surface area (Å²) in [6.07, 6.45) is 9.32. The molecule has 3 heterocycles. The molecule has 4 heteroatoms. The fourth-order valence-electron chi connectivity index (χ4n) is 3.54. The Labute approximate surface area is 164 Å². The summed E-state index contributed by atoms with van der Waals surface area (Å²) in [7, 11) is 0. The zero-order chi connectivity index (χ0) is 18.8. The van der Waals surface area contributed by atoms with Crippen molar-refractivity contribution >= 4 is 23.2 Å². The fourth-order valence-corrected chi connectivity index (χ4v) is 3.54. The van der Waals surface area contributed by atoms with Gasteiger partial charge in [0.15, 0.2) is 0 Å². The van der Waals surface area contributed by atoms with Crippen LogP contribution < -0.4 is 4.74 Å². The molecule has 28 heavy (non-hydrogen) atoms. The van der Waals surface area contributed by atoms with Crippen molar-refractivity contribution in [1.82, 2.24) is 4.98 Å². The minimum absolute atomic E-state index is 0.754. The first-order chi connectivity index (χ1) is 13.8. The van der Waals surface area contributed by atoms with E-state index in [1.165, 1.54) is 22.3 Å². The first-order valence-electron chi connectivity index (χ1n) is 9.39. The molecule has 0 bridgehead atoms. The molecule has 0 radical (unpaired) electrons. The predicted octanol–water partition coefficient (Wildman–Crippen LogP) is 5.21. The van der Waals surface area contributed by atoms with Crippen LogP contribution in [0, 0.1) is 0 Å². The van der Waals surface area contributed by atoms with Crippen LogP contribution in [0.2, 0.25) is 0 Å². The molecular weight excluding hydrogens is 346 g/mol. The van der Waals surface area contributed by atoms with Crippen LogP contribution in [0.5, 0.6) is 11.5 Å². The minimum atomic E-state index is 0.754. The summed E-state index contributed by atoms with van der Waals surface area (Å²) in [4.78, 5) is 13.2. The molecule has 0 spiro atoms. The van der Waals surface area contributed by atoms with Gasteiger partial charge in [-0.2, -0.15) is 0 Å². The molecular formula is C24H19N3O. The van der Waals surface area contributed by atoms with Crippen LogP contribution in [0.25, 0.3) is 5.57 Å². The minimum Gasteiger partial charge on any atom is -0.457 e. The topological polar surface area (TPSA) is 46.8 Å². The molecule has 3 aromatic rings. The molecule has 0 unspecified atom stereocenters. The van der Waals surface area contributed by atoms with Crippen molar-refractivity contribution < 1.29 is 4.74 Å². The second kappa shape index (κ2) is 7.24. The third-order valence-electron chi connectivity index (χ3n) is 4.96. The van der Waals surface area contributed by atoms with Crippen LogP contribution in [0.3, 0.4) is 0 Å². The lowest BCUT2D eigenvalue weighted by Crippen LogP contribution is -2.02. The van der Waals surface area contributed by atoms with E-state index < -0.39 is 0 Å². The van der Waals surface area contributed by atoms with E-state index in [0.717, 1.165) is 42.3 Å². The van der Waals surface area contributed by atoms with Gasteiger partial charge in [-0.25, -0.2) is 0 Å². The van der Waals surface area contributed by atoms with Crippen LogP contribution in [-0.2, 0) is 12.8 Å². The van der Waals surface area contributed by atoms with E-state index in [4.69, 9.17) is 9.73 Å². The maximum Gasteiger partial charge on any atom is 0.129 e. The van der Waals surface area contributed by atoms with Crippen molar-refractivity contribution in [2.24, 2.45) is 9.98 Å². The van der Waals surface area contributed by atoms with Crippen LogP contribution in [0.4, 0.5) is 5.69 Å². The third kappa shape index (κ3) is 3.49. The van der Waals surface area contributed by atoms with E-state index in [1.807, 2.05) is 42.7 Å². The molecule has 136 valence electrons. The van der Waals surface area contributed by atoms with Crippen molar-refractivity contribution in [1.29, 1.82) is 0 Å². The summed E-state index contributed by atoms with van der Waals surface area (Å²) >= 11 is 0. The molecule has 0 saturated heterocycles. The number of aliphatic imine (C=N–C) groups is 2. The lowest BCUT2D eigenvalue weighted by molar-refractivity contribution is 0.483. The highest BCUT2D eigenvalue weighted by Crippen LogP contribution is 2.33. The molecule has 2 aliphatic heterocycles. The lowest BCUT2D eigenvalue weighted by Gasteiger charge is -2.08. The largest absolute Gasteiger partial charge is 0.457 e. The Kier molecular flexibility index (Phi) is 4.30. The Balaban J connectivity index is 1.29. The predicted molar refractivity (Wildman–Crippen MR) is 113 cm³/mol. The van der Waals surface area contributed by atoms with Crippen LogP contribution in [0.15, 0.2) is 83.1 Å². The van der Waals surface area contributed by atoms with Gasteiger partial charge in [0.2, 0.25) is 0 Å². The number of pyridine rings is 1. The number of hydrogen-bond donors (Lipinski definition) is 0. The Bertz CT molecular complexity index is 1100. The van der Waals surface area contributed by atoms with Crippen LogP contribution >= 0.6 is 0 Å². The SMILES string of the molecule is C1=NCC(c2ccc(Oc3ccc4c(c3)N=C(Cc3cccnc3)C4)cc2)=C1. The first-order valence-corrected chi connectivity index (χ1v) is 9.39. The van der Waals surface area contributed by atoms with Crippen molar-refractivity contribution in [3.05, 3.63) is 89.8 Å². The molecule has 0 aliphatic carbocycles. The van der Waals surface area contributed by atoms with Gasteiger partial charge in [0, 0.05) is 43.2 Å². The van der Waals surface area contributed by atoms with Crippen molar-refractivity contribution in [2.75, 3.05) is 6.54 Å². The monoisotopic (exact) mass is 365 g/mol. The highest BCUT2D eigenvalue weighted by Gasteiger charge is 2.16. The third-order valence-corrected chi connectivity index (χ3v) is 4.96. The summed E-state index contributed by atoms with van der Waals surface area (Å²) < 4.78 is 6.04. The Morgan fingerprint density at radius 1 is 0.964 bits per heavy atom. The fraction of sp³-hybridized carbons (Fsp3) is 0.125. The summed E-state index contributed by atoms with van der Waals surface area (Å²) in [6.45, 7) is 0.754. The standard InChI is InChI=1S/C24H19N3O/c1-2-17(15-25-10-1)12-21-13-19-5-8-23(14-24(19)27-21)28-22-6-3-18(4-7-22)20-9-11-26-16-20/h1-11,14-15H,12-13,16H2. The molecule has 0 amide bonds. The van der Waals surface area contributed by atoms with Gasteiger partial charge in [-0.1, -0.05) is 24.3 Å².